The summed E-state index contributed by atoms with van der Waals surface area (Å²) < 4.78 is 32.6. The van der Waals surface area contributed by atoms with E-state index in [1.54, 1.807) is 0 Å². The van der Waals surface area contributed by atoms with Crippen molar-refractivity contribution < 1.29 is 21.2 Å². The number of benzene rings is 2. The van der Waals surface area contributed by atoms with E-state index in [1.165, 1.54) is 11.1 Å². The summed E-state index contributed by atoms with van der Waals surface area (Å²) in [6.07, 6.45) is 0. The Morgan fingerprint density at radius 3 is 1.13 bits per heavy atom. The summed E-state index contributed by atoms with van der Waals surface area (Å²) in [5.74, 6) is 1.54. The van der Waals surface area contributed by atoms with Crippen molar-refractivity contribution in [3.05, 3.63) is 57.6 Å². The Kier molecular flexibility index (Phi) is 6.14. The van der Waals surface area contributed by atoms with Crippen LogP contribution in [0.1, 0.15) is 33.4 Å². The predicted molar refractivity (Wildman–Crippen MR) is 127 cm³/mol. The molecule has 0 bridgehead atoms. The zero-order chi connectivity index (χ0) is 22.5. The van der Waals surface area contributed by atoms with Gasteiger partial charge in [0.25, 0.3) is 0 Å². The molecule has 0 aliphatic carbocycles. The Bertz CT molecular complexity index is 848. The maximum atomic E-state index is 6.64. The lowest BCUT2D eigenvalue weighted by Gasteiger charge is -2.46. The summed E-state index contributed by atoms with van der Waals surface area (Å²) in [6.45, 7) is 20.5. The molecule has 1 heterocycles. The highest BCUT2D eigenvalue weighted by Gasteiger charge is 2.65. The van der Waals surface area contributed by atoms with Gasteiger partial charge in [-0.05, 0) is 90.0 Å². The summed E-state index contributed by atoms with van der Waals surface area (Å²) in [5.41, 5.74) is 6.54. The Morgan fingerprint density at radius 2 is 0.833 bits per heavy atom. The molecule has 0 spiro atoms. The smallest absolute Gasteiger partial charge is 0.471 e. The Balaban J connectivity index is 2.13. The van der Waals surface area contributed by atoms with Crippen molar-refractivity contribution >= 4 is 26.2 Å². The quantitative estimate of drug-likeness (QED) is 0.530. The molecule has 5 nitrogen and oxygen atoms in total. The van der Waals surface area contributed by atoms with E-state index in [0.717, 1.165) is 33.8 Å². The van der Waals surface area contributed by atoms with Crippen LogP contribution in [0.5, 0.6) is 11.5 Å². The highest BCUT2D eigenvalue weighted by Crippen LogP contribution is 2.38. The summed E-state index contributed by atoms with van der Waals surface area (Å²) in [6, 6.07) is 8.43. The van der Waals surface area contributed by atoms with Crippen molar-refractivity contribution in [1.29, 1.82) is 0 Å². The Morgan fingerprint density at radius 1 is 0.533 bits per heavy atom. The maximum Gasteiger partial charge on any atom is 0.802 e. The monoisotopic (exact) mass is 462 g/mol. The predicted octanol–water partition coefficient (Wildman–Crippen LogP) is 5.90. The van der Waals surface area contributed by atoms with Gasteiger partial charge in [-0.2, -0.15) is 0 Å². The van der Waals surface area contributed by atoms with E-state index in [0.29, 0.717) is 0 Å². The fourth-order valence-corrected chi connectivity index (χ4v) is 17.3. The molecule has 0 amide bonds. The molecular weight excluding hydrogens is 428 g/mol. The van der Waals surface area contributed by atoms with Crippen molar-refractivity contribution in [2.45, 2.75) is 67.7 Å². The fraction of sp³-hybridized carbons (Fsp3) is 0.455. The second-order valence-corrected chi connectivity index (χ2v) is 18.7. The van der Waals surface area contributed by atoms with Gasteiger partial charge in [-0.3, -0.25) is 0 Å². The third kappa shape index (κ3) is 5.06. The van der Waals surface area contributed by atoms with E-state index in [1.807, 2.05) is 53.9 Å². The first-order chi connectivity index (χ1) is 13.7. The maximum absolute atomic E-state index is 6.64. The lowest BCUT2D eigenvalue weighted by Crippen LogP contribution is -2.72. The average molecular weight is 463 g/mol. The third-order valence-corrected chi connectivity index (χ3v) is 15.7. The number of aryl methyl sites for hydroxylation is 6. The molecule has 1 aliphatic rings. The lowest BCUT2D eigenvalue weighted by molar-refractivity contribution is 0.0963. The molecule has 0 radical (unpaired) electrons. The van der Waals surface area contributed by atoms with Gasteiger partial charge in [0.1, 0.15) is 11.5 Å². The molecule has 2 aromatic carbocycles. The molecule has 0 N–H and O–H groups in total. The standard InChI is InChI=1S/C22H34O5Si3/c1-15-11-17(3)21(18(4)12-15)23-30(26-28(7,8)25-29(9,10)27-30)24-22-19(5)13-16(2)14-20(22)6/h11-14H,1-10H3. The average Bonchev–Trinajstić information content (AvgIpc) is 2.51. The molecule has 164 valence electrons. The molecule has 0 saturated carbocycles. The summed E-state index contributed by atoms with van der Waals surface area (Å²) >= 11 is 0. The molecule has 30 heavy (non-hydrogen) atoms. The topological polar surface area (TPSA) is 46.2 Å². The molecular formula is C22H34O5Si3. The van der Waals surface area contributed by atoms with Crippen molar-refractivity contribution in [2.75, 3.05) is 0 Å². The first-order valence-corrected chi connectivity index (χ1v) is 17.6. The SMILES string of the molecule is Cc1cc(C)c(O[Si]2(Oc3c(C)cc(C)cc3C)O[Si](C)(C)O[Si](C)(C)O2)c(C)c1. The van der Waals surface area contributed by atoms with E-state index in [9.17, 15) is 0 Å². The van der Waals surface area contributed by atoms with Crippen LogP contribution < -0.4 is 8.85 Å². The van der Waals surface area contributed by atoms with Crippen LogP contribution in [0.15, 0.2) is 24.3 Å². The lowest BCUT2D eigenvalue weighted by atomic mass is 10.1. The van der Waals surface area contributed by atoms with Gasteiger partial charge in [0.2, 0.25) is 0 Å². The van der Waals surface area contributed by atoms with Crippen LogP contribution in [0.25, 0.3) is 0 Å². The first-order valence-electron chi connectivity index (χ1n) is 10.4. The molecule has 0 atom stereocenters. The normalized spacial score (nSPS) is 19.4. The van der Waals surface area contributed by atoms with Gasteiger partial charge in [0.15, 0.2) is 0 Å². The van der Waals surface area contributed by atoms with Crippen molar-refractivity contribution in [1.82, 2.24) is 0 Å². The van der Waals surface area contributed by atoms with E-state index in [4.69, 9.17) is 21.2 Å². The van der Waals surface area contributed by atoms with Gasteiger partial charge in [0.05, 0.1) is 0 Å². The van der Waals surface area contributed by atoms with Gasteiger partial charge in [-0.25, -0.2) is 0 Å². The van der Waals surface area contributed by atoms with Crippen molar-refractivity contribution in [3.63, 3.8) is 0 Å². The van der Waals surface area contributed by atoms with Gasteiger partial charge >= 0.3 is 26.2 Å². The van der Waals surface area contributed by atoms with Crippen LogP contribution >= 0.6 is 0 Å². The van der Waals surface area contributed by atoms with Crippen molar-refractivity contribution in [3.8, 4) is 11.5 Å². The number of hydrogen-bond donors (Lipinski definition) is 0. The minimum atomic E-state index is -3.60. The van der Waals surface area contributed by atoms with E-state index in [-0.39, 0.29) is 0 Å². The van der Waals surface area contributed by atoms with Gasteiger partial charge in [-0.15, -0.1) is 0 Å². The molecule has 1 aliphatic heterocycles. The second kappa shape index (κ2) is 7.92. The van der Waals surface area contributed by atoms with Crippen LogP contribution in [0.4, 0.5) is 0 Å². The summed E-state index contributed by atoms with van der Waals surface area (Å²) in [4.78, 5) is 0. The molecule has 1 saturated heterocycles. The minimum absolute atomic E-state index is 0.770. The third-order valence-electron chi connectivity index (χ3n) is 4.90. The number of rotatable bonds is 4. The molecule has 3 rings (SSSR count). The second-order valence-electron chi connectivity index (χ2n) is 9.27. The summed E-state index contributed by atoms with van der Waals surface area (Å²) in [7, 11) is -8.62. The van der Waals surface area contributed by atoms with Crippen LogP contribution in [-0.2, 0) is 12.3 Å². The highest BCUT2D eigenvalue weighted by molar-refractivity contribution is 6.90. The minimum Gasteiger partial charge on any atom is -0.471 e. The largest absolute Gasteiger partial charge is 0.802 e. The van der Waals surface area contributed by atoms with E-state index < -0.39 is 26.2 Å². The van der Waals surface area contributed by atoms with Gasteiger partial charge in [0, 0.05) is 0 Å². The Hall–Kier alpha value is -1.43. The number of hydrogen-bond acceptors (Lipinski definition) is 5. The molecule has 2 aromatic rings. The highest BCUT2D eigenvalue weighted by atomic mass is 28.5. The zero-order valence-electron chi connectivity index (χ0n) is 19.9. The zero-order valence-corrected chi connectivity index (χ0v) is 22.9. The van der Waals surface area contributed by atoms with E-state index >= 15 is 0 Å². The van der Waals surface area contributed by atoms with Crippen LogP contribution in [0, 0.1) is 41.5 Å². The summed E-state index contributed by atoms with van der Waals surface area (Å²) in [5, 5.41) is 0. The van der Waals surface area contributed by atoms with Gasteiger partial charge in [-0.1, -0.05) is 35.4 Å². The molecule has 1 fully saturated rings. The van der Waals surface area contributed by atoms with Crippen LogP contribution in [0.3, 0.4) is 0 Å². The fourth-order valence-electron chi connectivity index (χ4n) is 4.27. The molecule has 8 heteroatoms. The Labute approximate surface area is 184 Å². The van der Waals surface area contributed by atoms with E-state index in [2.05, 4.69) is 38.1 Å². The molecule has 0 unspecified atom stereocenters. The first kappa shape index (κ1) is 23.2. The van der Waals surface area contributed by atoms with Crippen LogP contribution in [0.2, 0.25) is 26.2 Å². The van der Waals surface area contributed by atoms with Crippen LogP contribution in [-0.4, -0.2) is 26.2 Å². The molecule has 0 aromatic heterocycles. The van der Waals surface area contributed by atoms with Gasteiger partial charge < -0.3 is 21.2 Å². The van der Waals surface area contributed by atoms with Crippen molar-refractivity contribution in [2.24, 2.45) is 0 Å².